The molecule has 1 aromatic heterocycles. The molecule has 2 unspecified atom stereocenters. The summed E-state index contributed by atoms with van der Waals surface area (Å²) in [5.41, 5.74) is 1.60. The lowest BCUT2D eigenvalue weighted by Crippen LogP contribution is -2.42. The smallest absolute Gasteiger partial charge is 0.274 e. The van der Waals surface area contributed by atoms with Crippen LogP contribution in [-0.2, 0) is 7.05 Å². The van der Waals surface area contributed by atoms with Gasteiger partial charge in [-0.15, -0.1) is 0 Å². The Morgan fingerprint density at radius 1 is 1.35 bits per heavy atom. The van der Waals surface area contributed by atoms with Crippen LogP contribution in [-0.4, -0.2) is 33.7 Å². The molecular formula is C13H21N3O. The number of carbonyl (C=O) groups excluding carboxylic acids is 1. The van der Waals surface area contributed by atoms with Gasteiger partial charge in [0.25, 0.3) is 5.91 Å². The van der Waals surface area contributed by atoms with E-state index >= 15 is 0 Å². The minimum absolute atomic E-state index is 0.0760. The van der Waals surface area contributed by atoms with Gasteiger partial charge in [-0.05, 0) is 31.2 Å². The molecule has 1 aromatic rings. The Hall–Kier alpha value is -1.32. The summed E-state index contributed by atoms with van der Waals surface area (Å²) in [6.07, 6.45) is 1.21. The van der Waals surface area contributed by atoms with E-state index in [0.717, 1.165) is 18.8 Å². The van der Waals surface area contributed by atoms with E-state index in [-0.39, 0.29) is 5.91 Å². The average molecular weight is 235 g/mol. The standard InChI is InChI=1S/C13H21N3O/c1-9-5-10(2)8-16(7-9)13(17)12-6-11(3)15(4)14-12/h6,9-10H,5,7-8H2,1-4H3. The summed E-state index contributed by atoms with van der Waals surface area (Å²) in [5, 5.41) is 4.26. The number of piperidine rings is 1. The van der Waals surface area contributed by atoms with E-state index in [1.54, 1.807) is 4.68 Å². The largest absolute Gasteiger partial charge is 0.337 e. The predicted molar refractivity (Wildman–Crippen MR) is 66.8 cm³/mol. The van der Waals surface area contributed by atoms with Gasteiger partial charge in [0.15, 0.2) is 5.69 Å². The van der Waals surface area contributed by atoms with Gasteiger partial charge in [-0.3, -0.25) is 9.48 Å². The Kier molecular flexibility index (Phi) is 3.22. The summed E-state index contributed by atoms with van der Waals surface area (Å²) in [7, 11) is 1.87. The number of carbonyl (C=O) groups is 1. The third-order valence-corrected chi connectivity index (χ3v) is 3.49. The lowest BCUT2D eigenvalue weighted by molar-refractivity contribution is 0.0616. The number of hydrogen-bond donors (Lipinski definition) is 0. The molecule has 0 aliphatic carbocycles. The van der Waals surface area contributed by atoms with Gasteiger partial charge >= 0.3 is 0 Å². The van der Waals surface area contributed by atoms with Gasteiger partial charge in [0.05, 0.1) is 0 Å². The molecule has 0 bridgehead atoms. The normalized spacial score (nSPS) is 25.1. The van der Waals surface area contributed by atoms with E-state index in [2.05, 4.69) is 18.9 Å². The zero-order valence-corrected chi connectivity index (χ0v) is 11.1. The van der Waals surface area contributed by atoms with Crippen LogP contribution in [0.2, 0.25) is 0 Å². The zero-order valence-electron chi connectivity index (χ0n) is 11.1. The highest BCUT2D eigenvalue weighted by Gasteiger charge is 2.27. The number of hydrogen-bond acceptors (Lipinski definition) is 2. The van der Waals surface area contributed by atoms with E-state index in [4.69, 9.17) is 0 Å². The Balaban J connectivity index is 2.14. The topological polar surface area (TPSA) is 38.1 Å². The van der Waals surface area contributed by atoms with E-state index < -0.39 is 0 Å². The number of aromatic nitrogens is 2. The fourth-order valence-corrected chi connectivity index (χ4v) is 2.66. The molecule has 0 spiro atoms. The van der Waals surface area contributed by atoms with Gasteiger partial charge in [-0.1, -0.05) is 13.8 Å². The van der Waals surface area contributed by atoms with Crippen molar-refractivity contribution in [1.82, 2.24) is 14.7 Å². The summed E-state index contributed by atoms with van der Waals surface area (Å²) in [5.74, 6) is 1.26. The molecule has 2 heterocycles. The maximum atomic E-state index is 12.3. The summed E-state index contributed by atoms with van der Waals surface area (Å²) in [4.78, 5) is 14.3. The molecular weight excluding hydrogens is 214 g/mol. The molecule has 1 aliphatic rings. The highest BCUT2D eigenvalue weighted by molar-refractivity contribution is 5.92. The molecule has 4 heteroatoms. The quantitative estimate of drug-likeness (QED) is 0.745. The Labute approximate surface area is 103 Å². The summed E-state index contributed by atoms with van der Waals surface area (Å²) in [6.45, 7) is 8.10. The molecule has 2 atom stereocenters. The van der Waals surface area contributed by atoms with E-state index in [0.29, 0.717) is 17.5 Å². The van der Waals surface area contributed by atoms with Crippen molar-refractivity contribution in [3.63, 3.8) is 0 Å². The first-order valence-electron chi connectivity index (χ1n) is 6.27. The van der Waals surface area contributed by atoms with Gasteiger partial charge in [-0.2, -0.15) is 5.10 Å². The fourth-order valence-electron chi connectivity index (χ4n) is 2.66. The molecule has 0 radical (unpaired) electrons. The molecule has 1 fully saturated rings. The van der Waals surface area contributed by atoms with E-state index in [1.807, 2.05) is 24.9 Å². The van der Waals surface area contributed by atoms with Crippen LogP contribution in [0.4, 0.5) is 0 Å². The molecule has 94 valence electrons. The van der Waals surface area contributed by atoms with Gasteiger partial charge in [0.1, 0.15) is 0 Å². The Morgan fingerprint density at radius 3 is 2.41 bits per heavy atom. The Morgan fingerprint density at radius 2 is 1.94 bits per heavy atom. The van der Waals surface area contributed by atoms with Crippen LogP contribution in [0.25, 0.3) is 0 Å². The van der Waals surface area contributed by atoms with Crippen LogP contribution in [0.3, 0.4) is 0 Å². The summed E-state index contributed by atoms with van der Waals surface area (Å²) >= 11 is 0. The van der Waals surface area contributed by atoms with Crippen molar-refractivity contribution < 1.29 is 4.79 Å². The van der Waals surface area contributed by atoms with Crippen molar-refractivity contribution in [2.75, 3.05) is 13.1 Å². The van der Waals surface area contributed by atoms with Crippen LogP contribution in [0, 0.1) is 18.8 Å². The maximum Gasteiger partial charge on any atom is 0.274 e. The molecule has 1 amide bonds. The van der Waals surface area contributed by atoms with E-state index in [9.17, 15) is 4.79 Å². The second-order valence-corrected chi connectivity index (χ2v) is 5.45. The Bertz CT molecular complexity index is 395. The molecule has 0 N–H and O–H groups in total. The van der Waals surface area contributed by atoms with E-state index in [1.165, 1.54) is 6.42 Å². The first-order valence-corrected chi connectivity index (χ1v) is 6.27. The van der Waals surface area contributed by atoms with Crippen molar-refractivity contribution in [2.24, 2.45) is 18.9 Å². The lowest BCUT2D eigenvalue weighted by atomic mass is 9.92. The highest BCUT2D eigenvalue weighted by Crippen LogP contribution is 2.22. The SMILES string of the molecule is Cc1cc(C(=O)N2CC(C)CC(C)C2)nn1C. The molecule has 2 rings (SSSR count). The number of rotatable bonds is 1. The maximum absolute atomic E-state index is 12.3. The van der Waals surface area contributed by atoms with Gasteiger partial charge < -0.3 is 4.90 Å². The molecule has 4 nitrogen and oxygen atoms in total. The second kappa shape index (κ2) is 4.51. The second-order valence-electron chi connectivity index (χ2n) is 5.45. The first-order chi connectivity index (χ1) is 7.97. The molecule has 0 saturated carbocycles. The minimum atomic E-state index is 0.0760. The van der Waals surface area contributed by atoms with Crippen LogP contribution in [0.5, 0.6) is 0 Å². The van der Waals surface area contributed by atoms with Crippen LogP contribution >= 0.6 is 0 Å². The highest BCUT2D eigenvalue weighted by atomic mass is 16.2. The zero-order chi connectivity index (χ0) is 12.6. The predicted octanol–water partition coefficient (Wildman–Crippen LogP) is 1.85. The number of nitrogens with zero attached hydrogens (tertiary/aromatic N) is 3. The number of amides is 1. The number of aryl methyl sites for hydroxylation is 2. The summed E-state index contributed by atoms with van der Waals surface area (Å²) in [6, 6.07) is 1.87. The lowest BCUT2D eigenvalue weighted by Gasteiger charge is -2.34. The van der Waals surface area contributed by atoms with Crippen molar-refractivity contribution in [3.8, 4) is 0 Å². The van der Waals surface area contributed by atoms with Gasteiger partial charge in [0, 0.05) is 25.8 Å². The first kappa shape index (κ1) is 12.1. The fraction of sp³-hybridized carbons (Fsp3) is 0.692. The summed E-state index contributed by atoms with van der Waals surface area (Å²) < 4.78 is 1.75. The third-order valence-electron chi connectivity index (χ3n) is 3.49. The molecule has 1 aliphatic heterocycles. The molecule has 1 saturated heterocycles. The van der Waals surface area contributed by atoms with Crippen LogP contribution in [0.15, 0.2) is 6.07 Å². The minimum Gasteiger partial charge on any atom is -0.337 e. The molecule has 0 aromatic carbocycles. The van der Waals surface area contributed by atoms with Crippen molar-refractivity contribution in [2.45, 2.75) is 27.2 Å². The third kappa shape index (κ3) is 2.51. The van der Waals surface area contributed by atoms with Crippen LogP contribution < -0.4 is 0 Å². The average Bonchev–Trinajstić information content (AvgIpc) is 2.57. The van der Waals surface area contributed by atoms with Crippen molar-refractivity contribution in [1.29, 1.82) is 0 Å². The molecule has 17 heavy (non-hydrogen) atoms. The number of likely N-dealkylation sites (tertiary alicyclic amines) is 1. The van der Waals surface area contributed by atoms with Gasteiger partial charge in [0.2, 0.25) is 0 Å². The van der Waals surface area contributed by atoms with Gasteiger partial charge in [-0.25, -0.2) is 0 Å². The van der Waals surface area contributed by atoms with Crippen molar-refractivity contribution >= 4 is 5.91 Å². The van der Waals surface area contributed by atoms with Crippen LogP contribution in [0.1, 0.15) is 36.5 Å². The van der Waals surface area contributed by atoms with Crippen molar-refractivity contribution in [3.05, 3.63) is 17.5 Å². The monoisotopic (exact) mass is 235 g/mol.